The van der Waals surface area contributed by atoms with E-state index in [1.165, 1.54) is 0 Å². The van der Waals surface area contributed by atoms with Crippen LogP contribution in [0.2, 0.25) is 5.02 Å². The van der Waals surface area contributed by atoms with Gasteiger partial charge in [0.1, 0.15) is 11.6 Å². The number of nitrogens with zero attached hydrogens (tertiary/aromatic N) is 1. The van der Waals surface area contributed by atoms with E-state index in [0.717, 1.165) is 0 Å². The monoisotopic (exact) mass is 320 g/mol. The summed E-state index contributed by atoms with van der Waals surface area (Å²) in [7, 11) is 0. The number of aromatic nitrogens is 1. The van der Waals surface area contributed by atoms with Crippen molar-refractivity contribution in [1.82, 2.24) is 10.3 Å². The quantitative estimate of drug-likeness (QED) is 0.768. The van der Waals surface area contributed by atoms with Crippen LogP contribution >= 0.6 is 11.6 Å². The molecular formula is C16H17ClN2O3. The molecule has 0 aliphatic heterocycles. The summed E-state index contributed by atoms with van der Waals surface area (Å²) in [6.07, 6.45) is 0.775. The number of ether oxygens (including phenoxy) is 1. The molecule has 2 N–H and O–H groups in total. The standard InChI is InChI=1S/C16H17ClN2O3/c17-13-7-4-8-19-16(13)22-10-9-18-15(21)11-14(20)12-5-2-1-3-6-12/h1-8,14,20H,9-11H2,(H,18,21). The van der Waals surface area contributed by atoms with Gasteiger partial charge < -0.3 is 15.2 Å². The first-order valence-corrected chi connectivity index (χ1v) is 7.27. The van der Waals surface area contributed by atoms with Crippen molar-refractivity contribution in [2.24, 2.45) is 0 Å². The number of hydrogen-bond acceptors (Lipinski definition) is 4. The molecule has 0 saturated heterocycles. The summed E-state index contributed by atoms with van der Waals surface area (Å²) in [6.45, 7) is 0.567. The zero-order valence-electron chi connectivity index (χ0n) is 11.9. The summed E-state index contributed by atoms with van der Waals surface area (Å²) in [5.74, 6) is 0.0924. The fourth-order valence-electron chi connectivity index (χ4n) is 1.86. The smallest absolute Gasteiger partial charge is 0.232 e. The van der Waals surface area contributed by atoms with E-state index in [-0.39, 0.29) is 18.9 Å². The van der Waals surface area contributed by atoms with Crippen molar-refractivity contribution in [2.45, 2.75) is 12.5 Å². The Morgan fingerprint density at radius 2 is 2.05 bits per heavy atom. The van der Waals surface area contributed by atoms with Crippen LogP contribution in [0.5, 0.6) is 5.88 Å². The molecule has 0 bridgehead atoms. The normalized spacial score (nSPS) is 11.7. The zero-order chi connectivity index (χ0) is 15.8. The minimum absolute atomic E-state index is 0.00829. The van der Waals surface area contributed by atoms with Gasteiger partial charge in [0, 0.05) is 6.20 Å². The van der Waals surface area contributed by atoms with Gasteiger partial charge in [0.25, 0.3) is 0 Å². The highest BCUT2D eigenvalue weighted by atomic mass is 35.5. The number of halogens is 1. The molecule has 116 valence electrons. The van der Waals surface area contributed by atoms with E-state index in [2.05, 4.69) is 10.3 Å². The lowest BCUT2D eigenvalue weighted by molar-refractivity contribution is -0.123. The lowest BCUT2D eigenvalue weighted by Gasteiger charge is -2.11. The number of hydrogen-bond donors (Lipinski definition) is 2. The topological polar surface area (TPSA) is 71.5 Å². The molecule has 1 aromatic carbocycles. The van der Waals surface area contributed by atoms with Gasteiger partial charge in [0.15, 0.2) is 0 Å². The molecule has 2 aromatic rings. The van der Waals surface area contributed by atoms with E-state index < -0.39 is 6.10 Å². The molecule has 1 atom stereocenters. The fraction of sp³-hybridized carbons (Fsp3) is 0.250. The van der Waals surface area contributed by atoms with Crippen molar-refractivity contribution in [3.8, 4) is 5.88 Å². The van der Waals surface area contributed by atoms with Crippen molar-refractivity contribution >= 4 is 17.5 Å². The SMILES string of the molecule is O=C(CC(O)c1ccccc1)NCCOc1ncccc1Cl. The van der Waals surface area contributed by atoms with E-state index in [9.17, 15) is 9.90 Å². The summed E-state index contributed by atoms with van der Waals surface area (Å²) in [5.41, 5.74) is 0.717. The maximum absolute atomic E-state index is 11.7. The van der Waals surface area contributed by atoms with Crippen LogP contribution in [0.3, 0.4) is 0 Å². The van der Waals surface area contributed by atoms with Gasteiger partial charge in [-0.15, -0.1) is 0 Å². The van der Waals surface area contributed by atoms with Crippen LogP contribution < -0.4 is 10.1 Å². The van der Waals surface area contributed by atoms with Crippen LogP contribution in [0.15, 0.2) is 48.7 Å². The number of aliphatic hydroxyl groups excluding tert-OH is 1. The van der Waals surface area contributed by atoms with Crippen LogP contribution in [-0.4, -0.2) is 29.1 Å². The van der Waals surface area contributed by atoms with Crippen molar-refractivity contribution < 1.29 is 14.6 Å². The van der Waals surface area contributed by atoms with Gasteiger partial charge in [-0.3, -0.25) is 4.79 Å². The van der Waals surface area contributed by atoms with Crippen molar-refractivity contribution in [2.75, 3.05) is 13.2 Å². The van der Waals surface area contributed by atoms with Gasteiger partial charge in [0.2, 0.25) is 11.8 Å². The van der Waals surface area contributed by atoms with Crippen LogP contribution in [0, 0.1) is 0 Å². The summed E-state index contributed by atoms with van der Waals surface area (Å²) < 4.78 is 5.36. The molecule has 5 nitrogen and oxygen atoms in total. The predicted molar refractivity (Wildman–Crippen MR) is 83.8 cm³/mol. The molecule has 0 aliphatic carbocycles. The summed E-state index contributed by atoms with van der Waals surface area (Å²) in [5, 5.41) is 13.0. The Bertz CT molecular complexity index is 607. The van der Waals surface area contributed by atoms with Crippen LogP contribution in [0.4, 0.5) is 0 Å². The second kappa shape index (κ2) is 8.36. The Morgan fingerprint density at radius 3 is 2.77 bits per heavy atom. The highest BCUT2D eigenvalue weighted by Gasteiger charge is 2.12. The summed E-state index contributed by atoms with van der Waals surface area (Å²) in [4.78, 5) is 15.7. The lowest BCUT2D eigenvalue weighted by atomic mass is 10.1. The zero-order valence-corrected chi connectivity index (χ0v) is 12.7. The molecule has 0 spiro atoms. The molecule has 0 fully saturated rings. The van der Waals surface area contributed by atoms with E-state index >= 15 is 0 Å². The average Bonchev–Trinajstić information content (AvgIpc) is 2.54. The second-order valence-electron chi connectivity index (χ2n) is 4.62. The molecule has 0 saturated carbocycles. The highest BCUT2D eigenvalue weighted by Crippen LogP contribution is 2.19. The number of nitrogens with one attached hydrogen (secondary N) is 1. The maximum Gasteiger partial charge on any atom is 0.232 e. The number of carbonyl (C=O) groups is 1. The maximum atomic E-state index is 11.7. The molecular weight excluding hydrogens is 304 g/mol. The molecule has 1 unspecified atom stereocenters. The first kappa shape index (κ1) is 16.3. The largest absolute Gasteiger partial charge is 0.475 e. The number of pyridine rings is 1. The van der Waals surface area contributed by atoms with Crippen LogP contribution in [0.1, 0.15) is 18.1 Å². The van der Waals surface area contributed by atoms with Crippen molar-refractivity contribution in [3.05, 3.63) is 59.2 Å². The van der Waals surface area contributed by atoms with Crippen LogP contribution in [0.25, 0.3) is 0 Å². The van der Waals surface area contributed by atoms with Gasteiger partial charge in [-0.1, -0.05) is 41.9 Å². The van der Waals surface area contributed by atoms with E-state index in [1.54, 1.807) is 30.5 Å². The number of benzene rings is 1. The van der Waals surface area contributed by atoms with E-state index in [1.807, 2.05) is 18.2 Å². The number of rotatable bonds is 7. The summed E-state index contributed by atoms with van der Waals surface area (Å²) in [6, 6.07) is 12.5. The van der Waals surface area contributed by atoms with Gasteiger partial charge in [-0.2, -0.15) is 0 Å². The number of amides is 1. The fourth-order valence-corrected chi connectivity index (χ4v) is 2.03. The van der Waals surface area contributed by atoms with Gasteiger partial charge in [-0.05, 0) is 17.7 Å². The molecule has 1 aromatic heterocycles. The number of carbonyl (C=O) groups excluding carboxylic acids is 1. The van der Waals surface area contributed by atoms with Crippen molar-refractivity contribution in [3.63, 3.8) is 0 Å². The van der Waals surface area contributed by atoms with Crippen LogP contribution in [-0.2, 0) is 4.79 Å². The second-order valence-corrected chi connectivity index (χ2v) is 5.03. The molecule has 1 amide bonds. The molecule has 0 aliphatic rings. The van der Waals surface area contributed by atoms with Gasteiger partial charge >= 0.3 is 0 Å². The lowest BCUT2D eigenvalue weighted by Crippen LogP contribution is -2.29. The van der Waals surface area contributed by atoms with Crippen molar-refractivity contribution in [1.29, 1.82) is 0 Å². The molecule has 1 heterocycles. The Hall–Kier alpha value is -2.11. The molecule has 0 radical (unpaired) electrons. The van der Waals surface area contributed by atoms with Gasteiger partial charge in [-0.25, -0.2) is 4.98 Å². The third-order valence-corrected chi connectivity index (χ3v) is 3.24. The first-order chi connectivity index (χ1) is 10.7. The highest BCUT2D eigenvalue weighted by molar-refractivity contribution is 6.31. The third-order valence-electron chi connectivity index (χ3n) is 2.95. The minimum atomic E-state index is -0.813. The Morgan fingerprint density at radius 1 is 1.27 bits per heavy atom. The first-order valence-electron chi connectivity index (χ1n) is 6.90. The average molecular weight is 321 g/mol. The Balaban J connectivity index is 1.69. The third kappa shape index (κ3) is 5.02. The summed E-state index contributed by atoms with van der Waals surface area (Å²) >= 11 is 5.89. The molecule has 22 heavy (non-hydrogen) atoms. The molecule has 2 rings (SSSR count). The Labute approximate surface area is 133 Å². The Kier molecular flexibility index (Phi) is 6.18. The molecule has 6 heteroatoms. The van der Waals surface area contributed by atoms with Gasteiger partial charge in [0.05, 0.1) is 19.1 Å². The predicted octanol–water partition coefficient (Wildman–Crippen LogP) is 2.35. The van der Waals surface area contributed by atoms with E-state index in [0.29, 0.717) is 23.0 Å². The minimum Gasteiger partial charge on any atom is -0.475 e. The van der Waals surface area contributed by atoms with E-state index in [4.69, 9.17) is 16.3 Å². The number of aliphatic hydroxyl groups is 1.